The van der Waals surface area contributed by atoms with Crippen molar-refractivity contribution in [1.29, 1.82) is 0 Å². The number of alkyl halides is 1. The molecule has 1 N–H and O–H groups in total. The van der Waals surface area contributed by atoms with E-state index in [4.69, 9.17) is 0 Å². The van der Waals surface area contributed by atoms with Crippen LogP contribution in [0.1, 0.15) is 25.1 Å². The SMILES string of the molecule is Cn1nnc(CNCCCCCI)n1. The molecule has 0 unspecified atom stereocenters. The van der Waals surface area contributed by atoms with E-state index in [0.29, 0.717) is 0 Å². The van der Waals surface area contributed by atoms with Gasteiger partial charge in [0.05, 0.1) is 13.6 Å². The Kier molecular flexibility index (Phi) is 6.00. The average molecular weight is 309 g/mol. The van der Waals surface area contributed by atoms with Crippen molar-refractivity contribution < 1.29 is 0 Å². The van der Waals surface area contributed by atoms with Crippen molar-refractivity contribution in [3.8, 4) is 0 Å². The van der Waals surface area contributed by atoms with Crippen molar-refractivity contribution in [1.82, 2.24) is 25.5 Å². The predicted molar refractivity (Wildman–Crippen MR) is 63.2 cm³/mol. The number of hydrogen-bond donors (Lipinski definition) is 1. The molecule has 0 aromatic carbocycles. The lowest BCUT2D eigenvalue weighted by molar-refractivity contribution is 0.597. The molecular formula is C8H16IN5. The van der Waals surface area contributed by atoms with Gasteiger partial charge in [0.15, 0.2) is 5.82 Å². The quantitative estimate of drug-likeness (QED) is 0.462. The van der Waals surface area contributed by atoms with Crippen molar-refractivity contribution in [2.75, 3.05) is 11.0 Å². The first-order chi connectivity index (χ1) is 6.83. The summed E-state index contributed by atoms with van der Waals surface area (Å²) in [4.78, 5) is 1.48. The van der Waals surface area contributed by atoms with Crippen LogP contribution in [0.5, 0.6) is 0 Å². The second-order valence-electron chi connectivity index (χ2n) is 3.12. The van der Waals surface area contributed by atoms with E-state index in [0.717, 1.165) is 18.9 Å². The van der Waals surface area contributed by atoms with Gasteiger partial charge in [-0.05, 0) is 29.0 Å². The summed E-state index contributed by atoms with van der Waals surface area (Å²) in [5.74, 6) is 0.765. The Balaban J connectivity index is 1.99. The number of aromatic nitrogens is 4. The molecule has 1 aromatic rings. The average Bonchev–Trinajstić information content (AvgIpc) is 2.58. The van der Waals surface area contributed by atoms with Crippen LogP contribution in [0.3, 0.4) is 0 Å². The minimum Gasteiger partial charge on any atom is -0.310 e. The third-order valence-corrected chi connectivity index (χ3v) is 2.58. The molecule has 0 spiro atoms. The first-order valence-corrected chi connectivity index (χ1v) is 6.35. The molecule has 0 saturated heterocycles. The Labute approximate surface area is 97.8 Å². The van der Waals surface area contributed by atoms with Gasteiger partial charge in [0.2, 0.25) is 0 Å². The summed E-state index contributed by atoms with van der Waals surface area (Å²) in [6.45, 7) is 1.76. The van der Waals surface area contributed by atoms with Crippen molar-refractivity contribution in [3.05, 3.63) is 5.82 Å². The van der Waals surface area contributed by atoms with Gasteiger partial charge in [-0.3, -0.25) is 0 Å². The zero-order chi connectivity index (χ0) is 10.2. The summed E-state index contributed by atoms with van der Waals surface area (Å²) >= 11 is 2.41. The third kappa shape index (κ3) is 4.85. The van der Waals surface area contributed by atoms with Gasteiger partial charge in [0.1, 0.15) is 0 Å². The third-order valence-electron chi connectivity index (χ3n) is 1.82. The van der Waals surface area contributed by atoms with E-state index in [1.807, 2.05) is 0 Å². The molecule has 0 bridgehead atoms. The largest absolute Gasteiger partial charge is 0.310 e. The molecule has 0 radical (unpaired) electrons. The maximum absolute atomic E-state index is 4.08. The minimum atomic E-state index is 0.720. The molecule has 5 nitrogen and oxygen atoms in total. The lowest BCUT2D eigenvalue weighted by Crippen LogP contribution is -2.15. The summed E-state index contributed by atoms with van der Waals surface area (Å²) in [5.41, 5.74) is 0. The maximum Gasteiger partial charge on any atom is 0.188 e. The van der Waals surface area contributed by atoms with E-state index in [9.17, 15) is 0 Å². The second-order valence-corrected chi connectivity index (χ2v) is 4.20. The van der Waals surface area contributed by atoms with Crippen molar-refractivity contribution in [2.24, 2.45) is 7.05 Å². The molecule has 0 atom stereocenters. The molecule has 0 aliphatic carbocycles. The Hall–Kier alpha value is -0.240. The number of rotatable bonds is 7. The fourth-order valence-electron chi connectivity index (χ4n) is 1.12. The molecule has 1 aromatic heterocycles. The number of halogens is 1. The molecule has 14 heavy (non-hydrogen) atoms. The predicted octanol–water partition coefficient (Wildman–Crippen LogP) is 0.905. The number of aryl methyl sites for hydroxylation is 1. The molecule has 1 rings (SSSR count). The second kappa shape index (κ2) is 7.10. The van der Waals surface area contributed by atoms with Crippen LogP contribution in [0, 0.1) is 0 Å². The summed E-state index contributed by atoms with van der Waals surface area (Å²) in [6, 6.07) is 0. The van der Waals surface area contributed by atoms with Crippen LogP contribution in [-0.4, -0.2) is 31.2 Å². The highest BCUT2D eigenvalue weighted by molar-refractivity contribution is 14.1. The van der Waals surface area contributed by atoms with Gasteiger partial charge >= 0.3 is 0 Å². The molecule has 0 amide bonds. The highest BCUT2D eigenvalue weighted by Gasteiger charge is 1.98. The summed E-state index contributed by atoms with van der Waals surface area (Å²) in [5, 5.41) is 15.0. The van der Waals surface area contributed by atoms with E-state index in [2.05, 4.69) is 43.3 Å². The molecule has 0 aliphatic rings. The fourth-order valence-corrected chi connectivity index (χ4v) is 1.65. The zero-order valence-electron chi connectivity index (χ0n) is 8.41. The lowest BCUT2D eigenvalue weighted by atomic mass is 10.2. The number of tetrazole rings is 1. The van der Waals surface area contributed by atoms with E-state index < -0.39 is 0 Å². The van der Waals surface area contributed by atoms with Crippen LogP contribution in [0.25, 0.3) is 0 Å². The van der Waals surface area contributed by atoms with Gasteiger partial charge in [-0.1, -0.05) is 29.0 Å². The lowest BCUT2D eigenvalue weighted by Gasteiger charge is -2.00. The van der Waals surface area contributed by atoms with Gasteiger partial charge in [-0.15, -0.1) is 10.2 Å². The van der Waals surface area contributed by atoms with E-state index in [-0.39, 0.29) is 0 Å². The minimum absolute atomic E-state index is 0.720. The topological polar surface area (TPSA) is 55.6 Å². The van der Waals surface area contributed by atoms with Gasteiger partial charge in [0.25, 0.3) is 0 Å². The Morgan fingerprint density at radius 2 is 2.21 bits per heavy atom. The number of nitrogens with zero attached hydrogens (tertiary/aromatic N) is 4. The number of unbranched alkanes of at least 4 members (excludes halogenated alkanes) is 2. The normalized spacial score (nSPS) is 10.7. The molecule has 80 valence electrons. The molecule has 1 heterocycles. The van der Waals surface area contributed by atoms with Gasteiger partial charge in [0, 0.05) is 0 Å². The first-order valence-electron chi connectivity index (χ1n) is 4.82. The summed E-state index contributed by atoms with van der Waals surface area (Å²) in [6.07, 6.45) is 3.83. The first kappa shape index (κ1) is 11.8. The molecule has 0 saturated carbocycles. The van der Waals surface area contributed by atoms with Crippen LogP contribution < -0.4 is 5.32 Å². The van der Waals surface area contributed by atoms with Crippen LogP contribution in [0.15, 0.2) is 0 Å². The van der Waals surface area contributed by atoms with E-state index in [1.165, 1.54) is 28.5 Å². The summed E-state index contributed by atoms with van der Waals surface area (Å²) in [7, 11) is 1.77. The van der Waals surface area contributed by atoms with Crippen LogP contribution in [0.2, 0.25) is 0 Å². The van der Waals surface area contributed by atoms with Gasteiger partial charge < -0.3 is 5.32 Å². The number of nitrogens with one attached hydrogen (secondary N) is 1. The molecule has 6 heteroatoms. The van der Waals surface area contributed by atoms with E-state index in [1.54, 1.807) is 7.05 Å². The number of hydrogen-bond acceptors (Lipinski definition) is 4. The van der Waals surface area contributed by atoms with Gasteiger partial charge in [-0.25, -0.2) is 0 Å². The van der Waals surface area contributed by atoms with Crippen LogP contribution in [-0.2, 0) is 13.6 Å². The zero-order valence-corrected chi connectivity index (χ0v) is 10.6. The maximum atomic E-state index is 4.08. The summed E-state index contributed by atoms with van der Waals surface area (Å²) < 4.78 is 1.25. The fraction of sp³-hybridized carbons (Fsp3) is 0.875. The van der Waals surface area contributed by atoms with Gasteiger partial charge in [-0.2, -0.15) is 4.80 Å². The standard InChI is InChI=1S/C8H16IN5/c1-14-12-8(11-13-14)7-10-6-4-2-3-5-9/h10H,2-7H2,1H3. The van der Waals surface area contributed by atoms with Crippen molar-refractivity contribution >= 4 is 22.6 Å². The Morgan fingerprint density at radius 3 is 2.86 bits per heavy atom. The van der Waals surface area contributed by atoms with Crippen molar-refractivity contribution in [3.63, 3.8) is 0 Å². The highest BCUT2D eigenvalue weighted by Crippen LogP contribution is 1.97. The smallest absolute Gasteiger partial charge is 0.188 e. The molecule has 0 fully saturated rings. The molecular weight excluding hydrogens is 293 g/mol. The molecule has 0 aliphatic heterocycles. The Bertz CT molecular complexity index is 250. The monoisotopic (exact) mass is 309 g/mol. The van der Waals surface area contributed by atoms with Crippen molar-refractivity contribution in [2.45, 2.75) is 25.8 Å². The van der Waals surface area contributed by atoms with E-state index >= 15 is 0 Å². The Morgan fingerprint density at radius 1 is 1.36 bits per heavy atom. The van der Waals surface area contributed by atoms with Crippen LogP contribution in [0.4, 0.5) is 0 Å². The van der Waals surface area contributed by atoms with Crippen LogP contribution >= 0.6 is 22.6 Å². The highest BCUT2D eigenvalue weighted by atomic mass is 127.